The van der Waals surface area contributed by atoms with Crippen molar-refractivity contribution in [2.75, 3.05) is 19.1 Å². The first-order chi connectivity index (χ1) is 9.44. The van der Waals surface area contributed by atoms with Crippen LogP contribution in [0.5, 0.6) is 5.75 Å². The van der Waals surface area contributed by atoms with Crippen LogP contribution in [0, 0.1) is 0 Å². The second kappa shape index (κ2) is 6.30. The Morgan fingerprint density at radius 1 is 1.45 bits per heavy atom. The van der Waals surface area contributed by atoms with E-state index in [0.29, 0.717) is 13.0 Å². The lowest BCUT2D eigenvalue weighted by Crippen LogP contribution is -2.35. The molecular weight excluding hydrogens is 318 g/mol. The van der Waals surface area contributed by atoms with Crippen molar-refractivity contribution in [2.45, 2.75) is 17.3 Å². The molecule has 1 heterocycles. The van der Waals surface area contributed by atoms with Crippen LogP contribution in [0.15, 0.2) is 22.5 Å². The molecule has 0 radical (unpaired) electrons. The molecule has 0 aliphatic rings. The zero-order valence-corrected chi connectivity index (χ0v) is 13.6. The lowest BCUT2D eigenvalue weighted by atomic mass is 10.3. The minimum absolute atomic E-state index is 0.313. The Balaban J connectivity index is 2.33. The maximum Gasteiger partial charge on any atom is 0.298 e. The number of thioether (sulfide) groups is 1. The first kappa shape index (κ1) is 15.6. The monoisotopic (exact) mass is 333 g/mol. The molecule has 0 aliphatic heterocycles. The van der Waals surface area contributed by atoms with Crippen LogP contribution in [-0.4, -0.2) is 32.1 Å². The van der Waals surface area contributed by atoms with E-state index >= 15 is 0 Å². The molecule has 0 atom stereocenters. The number of nitrogens with zero attached hydrogens (tertiary/aromatic N) is 1. The first-order valence-electron chi connectivity index (χ1n) is 5.92. The smallest absolute Gasteiger partial charge is 0.298 e. The maximum absolute atomic E-state index is 10.7. The van der Waals surface area contributed by atoms with Gasteiger partial charge in [0.05, 0.1) is 23.3 Å². The van der Waals surface area contributed by atoms with Crippen LogP contribution in [0.3, 0.4) is 0 Å². The lowest BCUT2D eigenvalue weighted by Gasteiger charge is -2.04. The summed E-state index contributed by atoms with van der Waals surface area (Å²) in [4.78, 5) is 0. The zero-order chi connectivity index (χ0) is 14.8. The number of ether oxygens (including phenoxy) is 1. The number of hydrogen-bond acceptors (Lipinski definition) is 6. The van der Waals surface area contributed by atoms with Crippen molar-refractivity contribution in [2.24, 2.45) is 0 Å². The Kier molecular flexibility index (Phi) is 4.90. The molecule has 0 N–H and O–H groups in total. The molecule has 0 fully saturated rings. The number of fused-ring (bicyclic) bond motifs is 1. The van der Waals surface area contributed by atoms with E-state index in [1.807, 2.05) is 29.0 Å². The third-order valence-electron chi connectivity index (χ3n) is 2.83. The van der Waals surface area contributed by atoms with Gasteiger partial charge in [-0.2, -0.15) is 4.57 Å². The SMILES string of the molecule is COc1ccc2sc(SC)[n+](CCCS(=O)(=O)[O-])c2c1. The van der Waals surface area contributed by atoms with E-state index < -0.39 is 10.1 Å². The van der Waals surface area contributed by atoms with E-state index in [1.165, 1.54) is 0 Å². The largest absolute Gasteiger partial charge is 0.748 e. The predicted molar refractivity (Wildman–Crippen MR) is 79.5 cm³/mol. The molecule has 0 unspecified atom stereocenters. The molecule has 8 heteroatoms. The van der Waals surface area contributed by atoms with Crippen molar-refractivity contribution in [1.82, 2.24) is 0 Å². The molecule has 1 aromatic heterocycles. The highest BCUT2D eigenvalue weighted by Crippen LogP contribution is 2.29. The summed E-state index contributed by atoms with van der Waals surface area (Å²) in [7, 11) is -2.55. The summed E-state index contributed by atoms with van der Waals surface area (Å²) in [5.74, 6) is 0.419. The minimum atomic E-state index is -4.15. The maximum atomic E-state index is 10.7. The quantitative estimate of drug-likeness (QED) is 0.458. The van der Waals surface area contributed by atoms with Gasteiger partial charge in [-0.25, -0.2) is 8.42 Å². The average Bonchev–Trinajstić information content (AvgIpc) is 2.74. The van der Waals surface area contributed by atoms with E-state index in [-0.39, 0.29) is 5.75 Å². The Morgan fingerprint density at radius 2 is 2.20 bits per heavy atom. The second-order valence-electron chi connectivity index (χ2n) is 4.17. The van der Waals surface area contributed by atoms with Gasteiger partial charge in [-0.15, -0.1) is 0 Å². The summed E-state index contributed by atoms with van der Waals surface area (Å²) >= 11 is 3.25. The number of benzene rings is 1. The third kappa shape index (κ3) is 3.63. The first-order valence-corrected chi connectivity index (χ1v) is 9.54. The van der Waals surface area contributed by atoms with Gasteiger partial charge in [0.15, 0.2) is 6.54 Å². The van der Waals surface area contributed by atoms with Crippen molar-refractivity contribution in [1.29, 1.82) is 0 Å². The number of aryl methyl sites for hydroxylation is 1. The van der Waals surface area contributed by atoms with E-state index in [1.54, 1.807) is 30.2 Å². The highest BCUT2D eigenvalue weighted by Gasteiger charge is 2.20. The average molecular weight is 333 g/mol. The van der Waals surface area contributed by atoms with Gasteiger partial charge in [-0.1, -0.05) is 11.3 Å². The molecule has 1 aromatic carbocycles. The van der Waals surface area contributed by atoms with Crippen LogP contribution >= 0.6 is 23.1 Å². The Labute approximate surface area is 126 Å². The zero-order valence-electron chi connectivity index (χ0n) is 11.2. The molecule has 0 aliphatic carbocycles. The molecule has 0 spiro atoms. The second-order valence-corrected chi connectivity index (χ2v) is 7.78. The molecular formula is C12H15NO4S3. The van der Waals surface area contributed by atoms with E-state index in [2.05, 4.69) is 0 Å². The summed E-state index contributed by atoms with van der Waals surface area (Å²) in [5.41, 5.74) is 1.00. The fraction of sp³-hybridized carbons (Fsp3) is 0.417. The molecule has 0 bridgehead atoms. The Hall–Kier alpha value is -0.830. The van der Waals surface area contributed by atoms with Crippen molar-refractivity contribution in [3.8, 4) is 5.75 Å². The van der Waals surface area contributed by atoms with Gasteiger partial charge in [0.25, 0.3) is 4.34 Å². The summed E-state index contributed by atoms with van der Waals surface area (Å²) < 4.78 is 41.5. The van der Waals surface area contributed by atoms with Gasteiger partial charge in [0.1, 0.15) is 10.4 Å². The van der Waals surface area contributed by atoms with E-state index in [0.717, 1.165) is 20.3 Å². The number of rotatable bonds is 6. The van der Waals surface area contributed by atoms with Crippen LogP contribution in [0.2, 0.25) is 0 Å². The third-order valence-corrected chi connectivity index (χ3v) is 5.89. The molecule has 2 aromatic rings. The highest BCUT2D eigenvalue weighted by atomic mass is 32.2. The van der Waals surface area contributed by atoms with Crippen LogP contribution in [0.1, 0.15) is 6.42 Å². The van der Waals surface area contributed by atoms with Crippen molar-refractivity contribution >= 4 is 43.4 Å². The Bertz CT molecular complexity index is 709. The summed E-state index contributed by atoms with van der Waals surface area (Å²) in [6.45, 7) is 0.505. The molecule has 5 nitrogen and oxygen atoms in total. The summed E-state index contributed by atoms with van der Waals surface area (Å²) in [6.07, 6.45) is 2.29. The number of thiazole rings is 1. The molecule has 20 heavy (non-hydrogen) atoms. The lowest BCUT2D eigenvalue weighted by molar-refractivity contribution is -0.701. The van der Waals surface area contributed by atoms with Crippen molar-refractivity contribution < 1.29 is 22.3 Å². The number of aromatic nitrogens is 1. The van der Waals surface area contributed by atoms with Crippen molar-refractivity contribution in [3.05, 3.63) is 18.2 Å². The standard InChI is InChI=1S/C12H15NO4S3/c1-17-9-4-5-11-10(8-9)13(12(18-2)19-11)6-3-7-20(14,15)16/h4-5,8H,3,6-7H2,1-2H3. The molecule has 0 amide bonds. The van der Waals surface area contributed by atoms with Gasteiger partial charge in [-0.3, -0.25) is 0 Å². The van der Waals surface area contributed by atoms with Crippen LogP contribution in [-0.2, 0) is 16.7 Å². The van der Waals surface area contributed by atoms with E-state index in [9.17, 15) is 13.0 Å². The fourth-order valence-electron chi connectivity index (χ4n) is 1.93. The van der Waals surface area contributed by atoms with Gasteiger partial charge in [0, 0.05) is 12.2 Å². The molecule has 0 saturated carbocycles. The summed E-state index contributed by atoms with van der Waals surface area (Å²) in [5, 5.41) is 0. The topological polar surface area (TPSA) is 70.3 Å². The number of methoxy groups -OCH3 is 1. The molecule has 2 rings (SSSR count). The molecule has 110 valence electrons. The van der Waals surface area contributed by atoms with Gasteiger partial charge < -0.3 is 9.29 Å². The van der Waals surface area contributed by atoms with Gasteiger partial charge >= 0.3 is 0 Å². The predicted octanol–water partition coefficient (Wildman–Crippen LogP) is 1.85. The van der Waals surface area contributed by atoms with Crippen LogP contribution in [0.25, 0.3) is 10.2 Å². The minimum Gasteiger partial charge on any atom is -0.748 e. The fourth-order valence-corrected chi connectivity index (χ4v) is 4.33. The highest BCUT2D eigenvalue weighted by molar-refractivity contribution is 8.00. The van der Waals surface area contributed by atoms with Gasteiger partial charge in [-0.05, 0) is 30.2 Å². The van der Waals surface area contributed by atoms with Gasteiger partial charge in [0.2, 0.25) is 5.52 Å². The number of hydrogen-bond donors (Lipinski definition) is 0. The van der Waals surface area contributed by atoms with E-state index in [4.69, 9.17) is 4.74 Å². The normalized spacial score (nSPS) is 11.9. The van der Waals surface area contributed by atoms with Crippen LogP contribution in [0.4, 0.5) is 0 Å². The Morgan fingerprint density at radius 3 is 2.80 bits per heavy atom. The van der Waals surface area contributed by atoms with Crippen molar-refractivity contribution in [3.63, 3.8) is 0 Å². The van der Waals surface area contributed by atoms with Crippen LogP contribution < -0.4 is 9.30 Å². The molecule has 0 saturated heterocycles. The summed E-state index contributed by atoms with van der Waals surface area (Å²) in [6, 6.07) is 5.81.